The van der Waals surface area contributed by atoms with Gasteiger partial charge in [-0.25, -0.2) is 28.6 Å². The Balaban J connectivity index is -0.0000000253. The van der Waals surface area contributed by atoms with Crippen LogP contribution in [0.5, 0.6) is 0 Å². The summed E-state index contributed by atoms with van der Waals surface area (Å²) in [4.78, 5) is 0. The molecule has 120 heavy (non-hydrogen) atoms. The number of allylic oxidation sites excluding steroid dienone is 5. The van der Waals surface area contributed by atoms with Crippen molar-refractivity contribution in [2.75, 3.05) is 0 Å². The van der Waals surface area contributed by atoms with Crippen molar-refractivity contribution >= 4 is 57.1 Å². The fourth-order valence-electron chi connectivity index (χ4n) is 0. The Kier molecular flexibility index (Phi) is 202. The zero-order valence-corrected chi connectivity index (χ0v) is 109. The molecular formula is C80H160N20O10W10. The molecule has 0 amide bonds. The van der Waals surface area contributed by atoms with E-state index in [4.69, 9.17) is 162 Å². The second-order valence-electron chi connectivity index (χ2n) is 28.6. The van der Waals surface area contributed by atoms with Gasteiger partial charge in [0.05, 0.1) is 0 Å². The first-order valence-electron chi connectivity index (χ1n) is 33.0. The largest absolute Gasteiger partial charge is 2.00 e. The third kappa shape index (κ3) is 644. The molecule has 0 aromatic carbocycles. The monoisotopic (exact) mass is 3400 g/mol. The fraction of sp³-hybridized carbons (Fsp3) is 0.625. The van der Waals surface area contributed by atoms with Gasteiger partial charge < -0.3 is 162 Å². The first-order valence-corrected chi connectivity index (χ1v) is 33.0. The van der Waals surface area contributed by atoms with Crippen molar-refractivity contribution in [2.45, 2.75) is 334 Å². The molecule has 0 rings (SSSR count). The number of nitrogens with one attached hydrogen (secondary N) is 10. The molecule has 30 nitrogen and oxygen atoms in total. The zero-order valence-electron chi connectivity index (χ0n) is 80.1. The SMILES string of the molecule is C=C(C)C(C)([NH-])O.C=C(C)C(C)([NH-])O.C=C(C)C(C)([NH-])O.C=C(C)C(C)([NH-])O.C=C(C)C(C)([NH-])O.C=C(C)C(C)=[N-].C=C(C)C(C)=[N-].C=C(C)C(C)=[N-].C=C(C)C(C)=[N-].C=C(C)C(C)=[N-].CC(C)([NH-])O.CC(C)([NH-])O.CC(C)([NH-])O.CC(C)([NH-])O.CC(C)([NH-])O.CC(C)=[N-].CC(C)=[N-].CC(C)=[N-].CC(C)=[N-].CC(C)=[N-].[W+2].[W+2].[W+2].[W+2].[W+2].[W+2].[W+2].[W+2].[W+2].[W+2]. The van der Waals surface area contributed by atoms with E-state index in [0.29, 0.717) is 85.0 Å². The van der Waals surface area contributed by atoms with Crippen LogP contribution in [0.2, 0.25) is 0 Å². The minimum absolute atomic E-state index is 0. The van der Waals surface area contributed by atoms with Crippen LogP contribution in [0.4, 0.5) is 0 Å². The Morgan fingerprint density at radius 2 is 0.183 bits per heavy atom. The molecular weight excluding hydrogens is 3240 g/mol. The van der Waals surface area contributed by atoms with Crippen LogP contribution in [-0.4, -0.2) is 165 Å². The van der Waals surface area contributed by atoms with E-state index in [1.807, 2.05) is 0 Å². The predicted molar refractivity (Wildman–Crippen MR) is 495 cm³/mol. The van der Waals surface area contributed by atoms with Crippen LogP contribution in [0.1, 0.15) is 277 Å². The molecule has 0 radical (unpaired) electrons. The number of hydrogen-bond acceptors (Lipinski definition) is 10. The number of hydrogen-bond donors (Lipinski definition) is 10. The molecule has 20 N–H and O–H groups in total. The van der Waals surface area contributed by atoms with Gasteiger partial charge in [0, 0.05) is 0 Å². The fourth-order valence-corrected chi connectivity index (χ4v) is 0. The van der Waals surface area contributed by atoms with E-state index >= 15 is 0 Å². The average Bonchev–Trinajstić information content (AvgIpc) is 3.30. The van der Waals surface area contributed by atoms with E-state index in [-0.39, 0.29) is 211 Å². The quantitative estimate of drug-likeness (QED) is 0.0728. The number of nitrogens with zero attached hydrogens (tertiary/aromatic N) is 10. The van der Waals surface area contributed by atoms with Gasteiger partial charge >= 0.3 is 211 Å². The molecule has 40 heteroatoms. The van der Waals surface area contributed by atoms with Crippen LogP contribution in [0.15, 0.2) is 122 Å². The van der Waals surface area contributed by atoms with Crippen molar-refractivity contribution in [1.82, 2.24) is 0 Å². The van der Waals surface area contributed by atoms with E-state index in [0.717, 1.165) is 27.9 Å². The molecule has 0 fully saturated rings. The van der Waals surface area contributed by atoms with E-state index in [9.17, 15) is 0 Å². The maximum atomic E-state index is 8.66. The van der Waals surface area contributed by atoms with Gasteiger partial charge in [0.25, 0.3) is 0 Å². The summed E-state index contributed by atoms with van der Waals surface area (Å²) < 4.78 is 0. The molecule has 0 saturated heterocycles. The van der Waals surface area contributed by atoms with Gasteiger partial charge in [-0.3, -0.25) is 0 Å². The molecule has 0 aromatic rings. The van der Waals surface area contributed by atoms with Gasteiger partial charge in [0.1, 0.15) is 0 Å². The van der Waals surface area contributed by atoms with E-state index in [2.05, 4.69) is 65.8 Å². The van der Waals surface area contributed by atoms with Crippen molar-refractivity contribution in [3.8, 4) is 0 Å². The molecule has 0 heterocycles. The molecule has 0 aromatic heterocycles. The number of rotatable bonds is 10. The second-order valence-corrected chi connectivity index (χ2v) is 28.6. The summed E-state index contributed by atoms with van der Waals surface area (Å²) >= 11 is 0. The Morgan fingerprint density at radius 3 is 0.183 bits per heavy atom. The molecule has 0 aliphatic rings. The summed E-state index contributed by atoms with van der Waals surface area (Å²) in [6, 6.07) is 0. The van der Waals surface area contributed by atoms with Crippen molar-refractivity contribution in [3.63, 3.8) is 0 Å². The third-order valence-electron chi connectivity index (χ3n) is 7.24. The van der Waals surface area contributed by atoms with Crippen LogP contribution in [0.3, 0.4) is 0 Å². The minimum Gasteiger partial charge on any atom is -0.812 e. The summed E-state index contributed by atoms with van der Waals surface area (Å²) in [6.07, 6.45) is 0. The molecule has 0 spiro atoms. The van der Waals surface area contributed by atoms with E-state index in [1.165, 1.54) is 104 Å². The summed E-state index contributed by atoms with van der Waals surface area (Å²) in [6.45, 7) is 96.6. The topological polar surface area (TPSA) is 663 Å². The van der Waals surface area contributed by atoms with Crippen LogP contribution in [-0.2, 0) is 211 Å². The van der Waals surface area contributed by atoms with Gasteiger partial charge in [0.15, 0.2) is 0 Å². The molecule has 0 saturated carbocycles. The molecule has 5 unspecified atom stereocenters. The van der Waals surface area contributed by atoms with Crippen LogP contribution in [0.25, 0.3) is 111 Å². The Bertz CT molecular complexity index is 2160. The summed E-state index contributed by atoms with van der Waals surface area (Å²) in [5.41, 5.74) is 62.8. The average molecular weight is 3400 g/mol. The standard InChI is InChI=1S/5C5H10NO.5C5H8N.5C3H8NO.5C3H6N.10W/c5*1-4(2)5(3,6)7;5*1-4(2)5(3)6;5*1-3(2,4)5;5*1-3(2)4;;;;;;;;;;/h5*6-7H,1H2,2-3H3;5*1H2,2-3H3;5*4-5H,1-2H3;5*1-2H3;;;;;;;;;;/q20*-1;10*+2. The Labute approximate surface area is 876 Å². The molecule has 0 bridgehead atoms. The van der Waals surface area contributed by atoms with Gasteiger partial charge in [0.2, 0.25) is 0 Å². The summed E-state index contributed by atoms with van der Waals surface area (Å²) in [5.74, 6) is 0. The van der Waals surface area contributed by atoms with E-state index in [1.54, 1.807) is 173 Å². The third-order valence-corrected chi connectivity index (χ3v) is 7.24. The van der Waals surface area contributed by atoms with Crippen molar-refractivity contribution in [2.24, 2.45) is 0 Å². The number of aliphatic hydroxyl groups is 10. The maximum Gasteiger partial charge on any atom is 2.00 e. The first-order chi connectivity index (χ1) is 46.6. The Hall–Kier alpha value is 0.183. The van der Waals surface area contributed by atoms with Crippen LogP contribution in [0, 0.1) is 0 Å². The van der Waals surface area contributed by atoms with Gasteiger partial charge in [-0.05, 0) is 126 Å². The molecule has 0 aliphatic heterocycles. The minimum atomic E-state index is -1.44. The predicted octanol–water partition coefficient (Wildman–Crippen LogP) is 23.6. The first kappa shape index (κ1) is 210. The molecule has 700 valence electrons. The molecule has 5 atom stereocenters. The van der Waals surface area contributed by atoms with Gasteiger partial charge in [-0.1, -0.05) is 329 Å². The summed E-state index contributed by atoms with van der Waals surface area (Å²) in [7, 11) is 0. The van der Waals surface area contributed by atoms with E-state index < -0.39 is 57.2 Å². The van der Waals surface area contributed by atoms with Crippen molar-refractivity contribution < 1.29 is 262 Å². The van der Waals surface area contributed by atoms with Crippen molar-refractivity contribution in [1.29, 1.82) is 0 Å². The zero-order chi connectivity index (χ0) is 96.5. The van der Waals surface area contributed by atoms with Crippen LogP contribution < -0.4 is 0 Å². The normalized spacial score (nSPS) is 10.8. The second kappa shape index (κ2) is 115. The Morgan fingerprint density at radius 1 is 0.167 bits per heavy atom. The summed E-state index contributed by atoms with van der Waals surface area (Å²) in [5, 5.41) is 166. The van der Waals surface area contributed by atoms with Crippen LogP contribution >= 0.6 is 0 Å². The van der Waals surface area contributed by atoms with Gasteiger partial charge in [-0.2, -0.15) is 28.6 Å². The van der Waals surface area contributed by atoms with Gasteiger partial charge in [-0.15, -0.1) is 0 Å². The maximum absolute atomic E-state index is 8.66. The van der Waals surface area contributed by atoms with Crippen molar-refractivity contribution in [3.05, 3.63) is 233 Å². The smallest absolute Gasteiger partial charge is 0.812 e. The molecule has 0 aliphatic carbocycles.